The second-order valence-electron chi connectivity index (χ2n) is 7.83. The number of rotatable bonds is 7. The molecule has 1 aliphatic rings. The van der Waals surface area contributed by atoms with Crippen LogP contribution in [0.3, 0.4) is 0 Å². The van der Waals surface area contributed by atoms with Crippen molar-refractivity contribution in [2.45, 2.75) is 12.5 Å². The number of benzene rings is 3. The average molecular weight is 484 g/mol. The highest BCUT2D eigenvalue weighted by Gasteiger charge is 2.35. The number of hydrogen-bond acceptors (Lipinski definition) is 6. The first-order valence-corrected chi connectivity index (χ1v) is 10.7. The fraction of sp³-hybridized carbons (Fsp3) is 0.240. The number of halogens is 2. The third kappa shape index (κ3) is 4.72. The lowest BCUT2D eigenvalue weighted by atomic mass is 9.91. The maximum atomic E-state index is 14.4. The van der Waals surface area contributed by atoms with Gasteiger partial charge < -0.3 is 19.1 Å². The van der Waals surface area contributed by atoms with Crippen LogP contribution in [0.5, 0.6) is 17.2 Å². The third-order valence-electron chi connectivity index (χ3n) is 5.90. The van der Waals surface area contributed by atoms with Crippen LogP contribution in [0, 0.1) is 21.7 Å². The summed E-state index contributed by atoms with van der Waals surface area (Å²) >= 11 is 0. The number of ether oxygens (including phenoxy) is 3. The molecule has 0 radical (unpaired) electrons. The Morgan fingerprint density at radius 1 is 1.06 bits per heavy atom. The van der Waals surface area contributed by atoms with Crippen molar-refractivity contribution >= 4 is 11.6 Å². The largest absolute Gasteiger partial charge is 0.493 e. The van der Waals surface area contributed by atoms with Crippen molar-refractivity contribution in [1.29, 1.82) is 0 Å². The molecule has 1 amide bonds. The Balaban J connectivity index is 1.72. The highest BCUT2D eigenvalue weighted by molar-refractivity contribution is 5.95. The first kappa shape index (κ1) is 23.9. The van der Waals surface area contributed by atoms with E-state index < -0.39 is 34.1 Å². The van der Waals surface area contributed by atoms with Gasteiger partial charge in [0.15, 0.2) is 11.5 Å². The van der Waals surface area contributed by atoms with Gasteiger partial charge in [0.05, 0.1) is 25.2 Å². The number of methoxy groups -OCH3 is 2. The van der Waals surface area contributed by atoms with Gasteiger partial charge in [-0.2, -0.15) is 0 Å². The summed E-state index contributed by atoms with van der Waals surface area (Å²) in [5, 5.41) is 10.9. The standard InChI is InChI=1S/C25H22F2N2O6/c1-33-22-12-15-10-11-28(25(30)24-19(26)4-3-5-20(24)27)21(18(15)13-23(22)34-2)14-35-17-8-6-16(7-9-17)29(31)32/h3-9,12-13,21H,10-11,14H2,1-2H3/t21-/m1/s1. The Bertz CT molecular complexity index is 1250. The van der Waals surface area contributed by atoms with Gasteiger partial charge in [-0.25, -0.2) is 8.78 Å². The lowest BCUT2D eigenvalue weighted by Crippen LogP contribution is -2.43. The van der Waals surface area contributed by atoms with E-state index in [2.05, 4.69) is 0 Å². The number of hydrogen-bond donors (Lipinski definition) is 0. The minimum atomic E-state index is -0.955. The zero-order chi connectivity index (χ0) is 25.1. The SMILES string of the molecule is COc1cc2c(cc1OC)[C@@H](COc1ccc([N+](=O)[O-])cc1)N(C(=O)c1c(F)cccc1F)CC2. The minimum absolute atomic E-state index is 0.0674. The molecule has 10 heteroatoms. The fourth-order valence-electron chi connectivity index (χ4n) is 4.14. The maximum absolute atomic E-state index is 14.4. The van der Waals surface area contributed by atoms with Crippen LogP contribution in [-0.4, -0.2) is 43.1 Å². The Hall–Kier alpha value is -4.21. The predicted octanol–water partition coefficient (Wildman–Crippen LogP) is 4.71. The van der Waals surface area contributed by atoms with Gasteiger partial charge in [-0.15, -0.1) is 0 Å². The van der Waals surface area contributed by atoms with Gasteiger partial charge in [-0.05, 0) is 53.9 Å². The summed E-state index contributed by atoms with van der Waals surface area (Å²) in [6, 6.07) is 11.5. The average Bonchev–Trinajstić information content (AvgIpc) is 2.86. The normalized spacial score (nSPS) is 14.7. The summed E-state index contributed by atoms with van der Waals surface area (Å²) in [6.45, 7) is 0.117. The Morgan fingerprint density at radius 3 is 2.29 bits per heavy atom. The molecule has 1 aliphatic heterocycles. The summed E-state index contributed by atoms with van der Waals surface area (Å²) < 4.78 is 45.5. The lowest BCUT2D eigenvalue weighted by molar-refractivity contribution is -0.384. The molecule has 0 aliphatic carbocycles. The van der Waals surface area contributed by atoms with Crippen LogP contribution in [0.25, 0.3) is 0 Å². The quantitative estimate of drug-likeness (QED) is 0.356. The van der Waals surface area contributed by atoms with Crippen molar-refractivity contribution in [3.05, 3.63) is 93.0 Å². The fourth-order valence-corrected chi connectivity index (χ4v) is 4.14. The first-order valence-electron chi connectivity index (χ1n) is 10.7. The molecule has 0 bridgehead atoms. The molecule has 1 heterocycles. The Kier molecular flexibility index (Phi) is 6.81. The molecule has 182 valence electrons. The molecule has 3 aromatic carbocycles. The second kappa shape index (κ2) is 9.96. The molecule has 0 spiro atoms. The predicted molar refractivity (Wildman–Crippen MR) is 122 cm³/mol. The second-order valence-corrected chi connectivity index (χ2v) is 7.83. The molecule has 3 aromatic rings. The van der Waals surface area contributed by atoms with Gasteiger partial charge in [0.1, 0.15) is 29.6 Å². The topological polar surface area (TPSA) is 91.1 Å². The van der Waals surface area contributed by atoms with E-state index in [1.165, 1.54) is 49.5 Å². The van der Waals surface area contributed by atoms with E-state index in [4.69, 9.17) is 14.2 Å². The van der Waals surface area contributed by atoms with Gasteiger partial charge in [-0.1, -0.05) is 6.07 Å². The van der Waals surface area contributed by atoms with Gasteiger partial charge in [0, 0.05) is 18.7 Å². The summed E-state index contributed by atoms with van der Waals surface area (Å²) in [5.74, 6) is -1.43. The van der Waals surface area contributed by atoms with Crippen LogP contribution >= 0.6 is 0 Å². The van der Waals surface area contributed by atoms with Crippen molar-refractivity contribution < 1.29 is 32.7 Å². The van der Waals surface area contributed by atoms with E-state index in [1.54, 1.807) is 12.1 Å². The third-order valence-corrected chi connectivity index (χ3v) is 5.90. The van der Waals surface area contributed by atoms with Gasteiger partial charge in [0.2, 0.25) is 0 Å². The lowest BCUT2D eigenvalue weighted by Gasteiger charge is -2.37. The number of amides is 1. The van der Waals surface area contributed by atoms with E-state index in [0.717, 1.165) is 17.7 Å². The summed E-state index contributed by atoms with van der Waals surface area (Å²) in [5.41, 5.74) is 0.819. The molecule has 4 rings (SSSR count). The number of nitro benzene ring substituents is 1. The van der Waals surface area contributed by atoms with Crippen LogP contribution in [0.15, 0.2) is 54.6 Å². The number of nitrogens with zero attached hydrogens (tertiary/aromatic N) is 2. The molecule has 0 saturated heterocycles. The molecule has 0 aromatic heterocycles. The van der Waals surface area contributed by atoms with Crippen LogP contribution < -0.4 is 14.2 Å². The van der Waals surface area contributed by atoms with E-state index in [1.807, 2.05) is 0 Å². The number of fused-ring (bicyclic) bond motifs is 1. The minimum Gasteiger partial charge on any atom is -0.493 e. The molecule has 1 atom stereocenters. The number of nitro groups is 1. The number of carbonyl (C=O) groups excluding carboxylic acids is 1. The first-order chi connectivity index (χ1) is 16.8. The maximum Gasteiger partial charge on any atom is 0.269 e. The monoisotopic (exact) mass is 484 g/mol. The van der Waals surface area contributed by atoms with E-state index in [9.17, 15) is 23.7 Å². The summed E-state index contributed by atoms with van der Waals surface area (Å²) in [6.07, 6.45) is 0.422. The van der Waals surface area contributed by atoms with Crippen molar-refractivity contribution in [1.82, 2.24) is 4.90 Å². The van der Waals surface area contributed by atoms with Crippen LogP contribution in [0.2, 0.25) is 0 Å². The highest BCUT2D eigenvalue weighted by atomic mass is 19.1. The van der Waals surface area contributed by atoms with Crippen LogP contribution in [0.1, 0.15) is 27.5 Å². The Labute approximate surface area is 199 Å². The van der Waals surface area contributed by atoms with Crippen LogP contribution in [-0.2, 0) is 6.42 Å². The number of non-ortho nitro benzene ring substituents is 1. The molecule has 35 heavy (non-hydrogen) atoms. The smallest absolute Gasteiger partial charge is 0.269 e. The van der Waals surface area contributed by atoms with E-state index >= 15 is 0 Å². The van der Waals surface area contributed by atoms with Crippen molar-refractivity contribution in [2.75, 3.05) is 27.4 Å². The summed E-state index contributed by atoms with van der Waals surface area (Å²) in [4.78, 5) is 25.1. The molecular weight excluding hydrogens is 462 g/mol. The zero-order valence-corrected chi connectivity index (χ0v) is 19.0. The Morgan fingerprint density at radius 2 is 1.69 bits per heavy atom. The highest BCUT2D eigenvalue weighted by Crippen LogP contribution is 2.39. The van der Waals surface area contributed by atoms with Crippen molar-refractivity contribution in [2.24, 2.45) is 0 Å². The van der Waals surface area contributed by atoms with Crippen molar-refractivity contribution in [3.63, 3.8) is 0 Å². The van der Waals surface area contributed by atoms with Gasteiger partial charge in [-0.3, -0.25) is 14.9 Å². The van der Waals surface area contributed by atoms with Crippen LogP contribution in [0.4, 0.5) is 14.5 Å². The zero-order valence-electron chi connectivity index (χ0n) is 19.0. The van der Waals surface area contributed by atoms with E-state index in [0.29, 0.717) is 29.2 Å². The summed E-state index contributed by atoms with van der Waals surface area (Å²) in [7, 11) is 2.99. The molecule has 8 nitrogen and oxygen atoms in total. The van der Waals surface area contributed by atoms with Gasteiger partial charge >= 0.3 is 0 Å². The molecule has 0 saturated carbocycles. The number of carbonyl (C=O) groups is 1. The molecule has 0 fully saturated rings. The molecular formula is C25H22F2N2O6. The van der Waals surface area contributed by atoms with Crippen molar-refractivity contribution in [3.8, 4) is 17.2 Å². The van der Waals surface area contributed by atoms with Gasteiger partial charge in [0.25, 0.3) is 11.6 Å². The molecule has 0 unspecified atom stereocenters. The molecule has 0 N–H and O–H groups in total. The van der Waals surface area contributed by atoms with E-state index in [-0.39, 0.29) is 18.8 Å².